The zero-order chi connectivity index (χ0) is 19.1. The molecule has 0 fully saturated rings. The molecule has 1 atom stereocenters. The summed E-state index contributed by atoms with van der Waals surface area (Å²) in [5, 5.41) is 10.0. The fraction of sp³-hybridized carbons (Fsp3) is 0.263. The molecule has 1 aromatic carbocycles. The topological polar surface area (TPSA) is 69.4 Å². The van der Waals surface area contributed by atoms with Crippen LogP contribution in [0.1, 0.15) is 40.5 Å². The molecular formula is C19H17ClN4O2S. The maximum Gasteiger partial charge on any atom is 0.313 e. The highest BCUT2D eigenvalue weighted by Gasteiger charge is 2.28. The summed E-state index contributed by atoms with van der Waals surface area (Å²) < 4.78 is 6.92. The van der Waals surface area contributed by atoms with Crippen molar-refractivity contribution in [2.75, 3.05) is 7.11 Å². The van der Waals surface area contributed by atoms with Crippen LogP contribution in [0.3, 0.4) is 0 Å². The summed E-state index contributed by atoms with van der Waals surface area (Å²) >= 11 is 7.97. The van der Waals surface area contributed by atoms with Crippen LogP contribution in [0.4, 0.5) is 0 Å². The number of ether oxygens (including phenoxy) is 1. The number of halogens is 1. The van der Waals surface area contributed by atoms with Gasteiger partial charge in [0.25, 0.3) is 0 Å². The lowest BCUT2D eigenvalue weighted by Crippen LogP contribution is -2.09. The number of aliphatic imine (C=N–C) groups is 1. The number of thiophene rings is 1. The SMILES string of the molecule is COC(=O)C(C)c1cc2c(s1)-n1c(C)nnc1CN=C2c1ccccc1Cl. The van der Waals surface area contributed by atoms with Gasteiger partial charge >= 0.3 is 5.97 Å². The Balaban J connectivity index is 1.94. The highest BCUT2D eigenvalue weighted by atomic mass is 35.5. The van der Waals surface area contributed by atoms with Crippen molar-refractivity contribution in [3.63, 3.8) is 0 Å². The number of carbonyl (C=O) groups excluding carboxylic acids is 1. The maximum atomic E-state index is 12.1. The molecule has 3 heterocycles. The van der Waals surface area contributed by atoms with Crippen molar-refractivity contribution in [3.8, 4) is 5.00 Å². The van der Waals surface area contributed by atoms with Crippen LogP contribution in [0, 0.1) is 6.92 Å². The Labute approximate surface area is 165 Å². The molecule has 0 radical (unpaired) electrons. The highest BCUT2D eigenvalue weighted by Crippen LogP contribution is 2.37. The molecule has 2 aromatic heterocycles. The number of methoxy groups -OCH3 is 1. The largest absolute Gasteiger partial charge is 0.469 e. The second kappa shape index (κ2) is 6.90. The second-order valence-corrected chi connectivity index (χ2v) is 7.73. The summed E-state index contributed by atoms with van der Waals surface area (Å²) in [4.78, 5) is 17.7. The van der Waals surface area contributed by atoms with Crippen LogP contribution in [0.25, 0.3) is 5.00 Å². The Morgan fingerprint density at radius 1 is 1.30 bits per heavy atom. The van der Waals surface area contributed by atoms with Crippen molar-refractivity contribution < 1.29 is 9.53 Å². The molecule has 8 heteroatoms. The van der Waals surface area contributed by atoms with Crippen LogP contribution in [0.5, 0.6) is 0 Å². The third kappa shape index (κ3) is 2.96. The first kappa shape index (κ1) is 17.9. The zero-order valence-electron chi connectivity index (χ0n) is 15.1. The van der Waals surface area contributed by atoms with Crippen molar-refractivity contribution in [3.05, 3.63) is 63.0 Å². The summed E-state index contributed by atoms with van der Waals surface area (Å²) in [6.45, 7) is 4.15. The van der Waals surface area contributed by atoms with Gasteiger partial charge in [-0.05, 0) is 26.0 Å². The molecule has 0 bridgehead atoms. The Morgan fingerprint density at radius 3 is 2.81 bits per heavy atom. The number of hydrogen-bond acceptors (Lipinski definition) is 6. The number of hydrogen-bond donors (Lipinski definition) is 0. The molecule has 1 aliphatic heterocycles. The van der Waals surface area contributed by atoms with Crippen molar-refractivity contribution in [1.82, 2.24) is 14.8 Å². The normalized spacial score (nSPS) is 14.0. The number of aryl methyl sites for hydroxylation is 1. The van der Waals surface area contributed by atoms with E-state index in [0.717, 1.165) is 38.4 Å². The number of aromatic nitrogens is 3. The van der Waals surface area contributed by atoms with E-state index in [0.29, 0.717) is 11.6 Å². The minimum atomic E-state index is -0.375. The average Bonchev–Trinajstić information content (AvgIpc) is 3.22. The number of fused-ring (bicyclic) bond motifs is 3. The van der Waals surface area contributed by atoms with Crippen LogP contribution in [-0.4, -0.2) is 33.6 Å². The minimum Gasteiger partial charge on any atom is -0.469 e. The van der Waals surface area contributed by atoms with Gasteiger partial charge in [-0.1, -0.05) is 29.8 Å². The van der Waals surface area contributed by atoms with E-state index in [9.17, 15) is 4.79 Å². The molecule has 0 aliphatic carbocycles. The fourth-order valence-electron chi connectivity index (χ4n) is 3.13. The van der Waals surface area contributed by atoms with E-state index in [2.05, 4.69) is 10.2 Å². The quantitative estimate of drug-likeness (QED) is 0.625. The zero-order valence-corrected chi connectivity index (χ0v) is 16.6. The standard InChI is InChI=1S/C19H17ClN4O2S/c1-10(19(25)26-3)15-8-13-17(12-6-4-5-7-14(12)20)21-9-16-23-22-11(2)24(16)18(13)27-15/h4-8,10H,9H2,1-3H3. The summed E-state index contributed by atoms with van der Waals surface area (Å²) in [6, 6.07) is 9.62. The Morgan fingerprint density at radius 2 is 2.07 bits per heavy atom. The van der Waals surface area contributed by atoms with Gasteiger partial charge in [0.05, 0.1) is 18.7 Å². The van der Waals surface area contributed by atoms with Crippen molar-refractivity contribution in [2.45, 2.75) is 26.3 Å². The molecule has 3 aromatic rings. The molecule has 0 spiro atoms. The Kier molecular flexibility index (Phi) is 4.57. The number of benzene rings is 1. The predicted molar refractivity (Wildman–Crippen MR) is 105 cm³/mol. The van der Waals surface area contributed by atoms with E-state index in [1.165, 1.54) is 18.4 Å². The molecule has 1 aliphatic rings. The van der Waals surface area contributed by atoms with Gasteiger partial charge in [0.1, 0.15) is 17.4 Å². The first-order chi connectivity index (χ1) is 13.0. The molecule has 0 saturated carbocycles. The Bertz CT molecular complexity index is 1070. The first-order valence-corrected chi connectivity index (χ1v) is 9.63. The molecule has 27 heavy (non-hydrogen) atoms. The van der Waals surface area contributed by atoms with Crippen LogP contribution in [0.2, 0.25) is 5.02 Å². The summed E-state index contributed by atoms with van der Waals surface area (Å²) in [5.41, 5.74) is 2.56. The van der Waals surface area contributed by atoms with Crippen LogP contribution in [0.15, 0.2) is 35.3 Å². The number of esters is 1. The summed E-state index contributed by atoms with van der Waals surface area (Å²) in [7, 11) is 1.40. The van der Waals surface area contributed by atoms with Gasteiger partial charge in [-0.25, -0.2) is 0 Å². The third-order valence-electron chi connectivity index (χ3n) is 4.57. The van der Waals surface area contributed by atoms with Crippen LogP contribution < -0.4 is 0 Å². The summed E-state index contributed by atoms with van der Waals surface area (Å²) in [6.07, 6.45) is 0. The number of carbonyl (C=O) groups is 1. The molecular weight excluding hydrogens is 384 g/mol. The molecule has 0 amide bonds. The molecule has 138 valence electrons. The molecule has 0 N–H and O–H groups in total. The van der Waals surface area contributed by atoms with Gasteiger partial charge in [-0.15, -0.1) is 21.5 Å². The molecule has 4 rings (SSSR count). The summed E-state index contributed by atoms with van der Waals surface area (Å²) in [5.74, 6) is 0.888. The van der Waals surface area contributed by atoms with Gasteiger partial charge in [0, 0.05) is 21.0 Å². The maximum absolute atomic E-state index is 12.1. The smallest absolute Gasteiger partial charge is 0.313 e. The van der Waals surface area contributed by atoms with E-state index in [1.54, 1.807) is 0 Å². The molecule has 0 saturated heterocycles. The van der Waals surface area contributed by atoms with Gasteiger partial charge in [0.2, 0.25) is 0 Å². The van der Waals surface area contributed by atoms with E-state index in [1.807, 2.05) is 48.7 Å². The minimum absolute atomic E-state index is 0.275. The monoisotopic (exact) mass is 400 g/mol. The van der Waals surface area contributed by atoms with E-state index >= 15 is 0 Å². The lowest BCUT2D eigenvalue weighted by molar-refractivity contribution is -0.141. The third-order valence-corrected chi connectivity index (χ3v) is 6.20. The lowest BCUT2D eigenvalue weighted by Gasteiger charge is -2.08. The second-order valence-electron chi connectivity index (χ2n) is 6.26. The van der Waals surface area contributed by atoms with Crippen molar-refractivity contribution >= 4 is 34.6 Å². The van der Waals surface area contributed by atoms with E-state index in [-0.39, 0.29) is 11.9 Å². The first-order valence-electron chi connectivity index (χ1n) is 8.43. The number of nitrogens with zero attached hydrogens (tertiary/aromatic N) is 4. The van der Waals surface area contributed by atoms with Gasteiger partial charge in [-0.2, -0.15) is 0 Å². The molecule has 1 unspecified atom stereocenters. The van der Waals surface area contributed by atoms with Crippen LogP contribution >= 0.6 is 22.9 Å². The van der Waals surface area contributed by atoms with Gasteiger partial charge in [-0.3, -0.25) is 14.4 Å². The van der Waals surface area contributed by atoms with E-state index in [4.69, 9.17) is 21.3 Å². The predicted octanol–water partition coefficient (Wildman–Crippen LogP) is 3.92. The fourth-order valence-corrected chi connectivity index (χ4v) is 4.63. The van der Waals surface area contributed by atoms with Crippen molar-refractivity contribution in [1.29, 1.82) is 0 Å². The van der Waals surface area contributed by atoms with E-state index < -0.39 is 0 Å². The Hall–Kier alpha value is -2.51. The average molecular weight is 401 g/mol. The molecule has 6 nitrogen and oxygen atoms in total. The highest BCUT2D eigenvalue weighted by molar-refractivity contribution is 7.15. The number of rotatable bonds is 3. The van der Waals surface area contributed by atoms with Crippen molar-refractivity contribution in [2.24, 2.45) is 4.99 Å². The van der Waals surface area contributed by atoms with Gasteiger partial charge < -0.3 is 4.74 Å². The van der Waals surface area contributed by atoms with Gasteiger partial charge in [0.15, 0.2) is 5.82 Å². The lowest BCUT2D eigenvalue weighted by atomic mass is 10.0. The van der Waals surface area contributed by atoms with Crippen LogP contribution in [-0.2, 0) is 16.1 Å².